The quantitative estimate of drug-likeness (QED) is 0.670. The summed E-state index contributed by atoms with van der Waals surface area (Å²) in [4.78, 5) is 16.6. The van der Waals surface area contributed by atoms with Crippen LogP contribution >= 0.6 is 0 Å². The second-order valence-electron chi connectivity index (χ2n) is 4.31. The highest BCUT2D eigenvalue weighted by Crippen LogP contribution is 2.19. The fourth-order valence-electron chi connectivity index (χ4n) is 2.00. The van der Waals surface area contributed by atoms with Crippen LogP contribution in [0.1, 0.15) is 5.56 Å². The fraction of sp³-hybridized carbons (Fsp3) is 0. The van der Waals surface area contributed by atoms with Gasteiger partial charge in [-0.05, 0) is 23.8 Å². The van der Waals surface area contributed by atoms with E-state index in [-0.39, 0.29) is 5.69 Å². The predicted octanol–water partition coefficient (Wildman–Crippen LogP) is 2.94. The summed E-state index contributed by atoms with van der Waals surface area (Å²) in [5.74, 6) is 0. The summed E-state index contributed by atoms with van der Waals surface area (Å²) in [6.45, 7) is 4.01. The zero-order chi connectivity index (χ0) is 13.2. The average Bonchev–Trinajstić information content (AvgIpc) is 2.79. The summed E-state index contributed by atoms with van der Waals surface area (Å²) in [6, 6.07) is 15.5. The second-order valence-corrected chi connectivity index (χ2v) is 4.31. The molecule has 0 amide bonds. The standard InChI is InChI=1S/C15H13N3O/c1-10(11-5-3-2-4-6-11)16-12-7-8-13-14(9-12)18-15(19)17-13/h2-9,16H,1H2,(H2,17,18,19). The lowest BCUT2D eigenvalue weighted by Crippen LogP contribution is -1.99. The highest BCUT2D eigenvalue weighted by Gasteiger charge is 2.02. The van der Waals surface area contributed by atoms with Crippen molar-refractivity contribution in [2.24, 2.45) is 0 Å². The molecule has 0 aliphatic heterocycles. The molecule has 1 aromatic heterocycles. The van der Waals surface area contributed by atoms with Gasteiger partial charge in [-0.1, -0.05) is 36.9 Å². The van der Waals surface area contributed by atoms with Crippen molar-refractivity contribution in [2.45, 2.75) is 0 Å². The molecule has 4 heteroatoms. The summed E-state index contributed by atoms with van der Waals surface area (Å²) in [6.07, 6.45) is 0. The molecule has 3 N–H and O–H groups in total. The highest BCUT2D eigenvalue weighted by atomic mass is 16.1. The van der Waals surface area contributed by atoms with Gasteiger partial charge in [0.1, 0.15) is 0 Å². The minimum absolute atomic E-state index is 0.200. The van der Waals surface area contributed by atoms with Crippen LogP contribution in [-0.2, 0) is 0 Å². The smallest absolute Gasteiger partial charge is 0.323 e. The van der Waals surface area contributed by atoms with Crippen molar-refractivity contribution in [2.75, 3.05) is 5.32 Å². The number of anilines is 1. The summed E-state index contributed by atoms with van der Waals surface area (Å²) in [7, 11) is 0. The first kappa shape index (κ1) is 11.3. The van der Waals surface area contributed by atoms with Gasteiger partial charge >= 0.3 is 5.69 Å². The van der Waals surface area contributed by atoms with Gasteiger partial charge in [0.25, 0.3) is 0 Å². The number of nitrogens with one attached hydrogen (secondary N) is 3. The number of rotatable bonds is 3. The van der Waals surface area contributed by atoms with Gasteiger partial charge < -0.3 is 15.3 Å². The van der Waals surface area contributed by atoms with Gasteiger partial charge in [-0.25, -0.2) is 4.79 Å². The molecular formula is C15H13N3O. The summed E-state index contributed by atoms with van der Waals surface area (Å²) < 4.78 is 0. The van der Waals surface area contributed by atoms with Gasteiger partial charge in [0.2, 0.25) is 0 Å². The summed E-state index contributed by atoms with van der Waals surface area (Å²) >= 11 is 0. The Labute approximate surface area is 109 Å². The molecule has 0 bridgehead atoms. The topological polar surface area (TPSA) is 60.7 Å². The molecule has 0 spiro atoms. The Kier molecular flexibility index (Phi) is 2.68. The minimum Gasteiger partial charge on any atom is -0.355 e. The van der Waals surface area contributed by atoms with Crippen LogP contribution in [0.4, 0.5) is 5.69 Å². The molecule has 2 aromatic carbocycles. The maximum Gasteiger partial charge on any atom is 0.323 e. The molecule has 1 heterocycles. The number of aromatic nitrogens is 2. The lowest BCUT2D eigenvalue weighted by Gasteiger charge is -2.09. The molecule has 4 nitrogen and oxygen atoms in total. The van der Waals surface area contributed by atoms with E-state index in [1.54, 1.807) is 0 Å². The molecule has 0 saturated carbocycles. The fourth-order valence-corrected chi connectivity index (χ4v) is 2.00. The predicted molar refractivity (Wildman–Crippen MR) is 78.0 cm³/mol. The Morgan fingerprint density at radius 3 is 2.53 bits per heavy atom. The molecule has 94 valence electrons. The first-order valence-electron chi connectivity index (χ1n) is 5.96. The molecular weight excluding hydrogens is 238 g/mol. The van der Waals surface area contributed by atoms with Gasteiger partial charge in [0.15, 0.2) is 0 Å². The van der Waals surface area contributed by atoms with E-state index in [9.17, 15) is 4.79 Å². The molecule has 19 heavy (non-hydrogen) atoms. The van der Waals surface area contributed by atoms with Crippen LogP contribution in [-0.4, -0.2) is 9.97 Å². The van der Waals surface area contributed by atoms with Crippen molar-refractivity contribution in [1.29, 1.82) is 0 Å². The largest absolute Gasteiger partial charge is 0.355 e. The van der Waals surface area contributed by atoms with Crippen molar-refractivity contribution in [3.05, 3.63) is 71.2 Å². The molecule has 0 fully saturated rings. The molecule has 0 radical (unpaired) electrons. The van der Waals surface area contributed by atoms with Crippen LogP contribution in [0.5, 0.6) is 0 Å². The van der Waals surface area contributed by atoms with E-state index < -0.39 is 0 Å². The van der Waals surface area contributed by atoms with Gasteiger partial charge in [0.05, 0.1) is 11.0 Å². The van der Waals surface area contributed by atoms with Crippen molar-refractivity contribution in [1.82, 2.24) is 9.97 Å². The SMILES string of the molecule is C=C(Nc1ccc2[nH]c(=O)[nH]c2c1)c1ccccc1. The third-order valence-electron chi connectivity index (χ3n) is 2.93. The Morgan fingerprint density at radius 1 is 1.00 bits per heavy atom. The molecule has 0 atom stereocenters. The van der Waals surface area contributed by atoms with Gasteiger partial charge in [-0.2, -0.15) is 0 Å². The van der Waals surface area contributed by atoms with Gasteiger partial charge in [-0.3, -0.25) is 0 Å². The number of H-pyrrole nitrogens is 2. The zero-order valence-electron chi connectivity index (χ0n) is 10.2. The lowest BCUT2D eigenvalue weighted by atomic mass is 10.1. The van der Waals surface area contributed by atoms with E-state index >= 15 is 0 Å². The van der Waals surface area contributed by atoms with Crippen molar-refractivity contribution < 1.29 is 0 Å². The molecule has 3 aromatic rings. The number of benzene rings is 2. The number of hydrogen-bond donors (Lipinski definition) is 3. The van der Waals surface area contributed by atoms with E-state index in [0.717, 1.165) is 28.0 Å². The molecule has 0 unspecified atom stereocenters. The van der Waals surface area contributed by atoms with E-state index in [4.69, 9.17) is 0 Å². The van der Waals surface area contributed by atoms with Crippen molar-refractivity contribution in [3.8, 4) is 0 Å². The molecule has 3 rings (SSSR count). The molecule has 0 saturated heterocycles. The third-order valence-corrected chi connectivity index (χ3v) is 2.93. The van der Waals surface area contributed by atoms with Crippen molar-refractivity contribution >= 4 is 22.4 Å². The zero-order valence-corrected chi connectivity index (χ0v) is 10.2. The Hall–Kier alpha value is -2.75. The van der Waals surface area contributed by atoms with E-state index in [0.29, 0.717) is 0 Å². The first-order valence-corrected chi connectivity index (χ1v) is 5.96. The highest BCUT2D eigenvalue weighted by molar-refractivity contribution is 5.83. The van der Waals surface area contributed by atoms with E-state index in [1.807, 2.05) is 48.5 Å². The monoisotopic (exact) mass is 251 g/mol. The normalized spacial score (nSPS) is 10.5. The Bertz CT molecular complexity index is 784. The van der Waals surface area contributed by atoms with Crippen LogP contribution in [0, 0.1) is 0 Å². The third kappa shape index (κ3) is 2.28. The van der Waals surface area contributed by atoms with Crippen LogP contribution in [0.2, 0.25) is 0 Å². The van der Waals surface area contributed by atoms with Gasteiger partial charge in [0, 0.05) is 11.4 Å². The second kappa shape index (κ2) is 4.49. The number of hydrogen-bond acceptors (Lipinski definition) is 2. The first-order chi connectivity index (χ1) is 9.22. The van der Waals surface area contributed by atoms with Crippen LogP contribution in [0.3, 0.4) is 0 Å². The van der Waals surface area contributed by atoms with Crippen molar-refractivity contribution in [3.63, 3.8) is 0 Å². The Morgan fingerprint density at radius 2 is 1.74 bits per heavy atom. The summed E-state index contributed by atoms with van der Waals surface area (Å²) in [5, 5.41) is 3.23. The molecule has 0 aliphatic carbocycles. The van der Waals surface area contributed by atoms with E-state index in [1.165, 1.54) is 0 Å². The van der Waals surface area contributed by atoms with Gasteiger partial charge in [-0.15, -0.1) is 0 Å². The maximum atomic E-state index is 11.2. The molecule has 0 aliphatic rings. The number of fused-ring (bicyclic) bond motifs is 1. The van der Waals surface area contributed by atoms with E-state index in [2.05, 4.69) is 21.9 Å². The number of aromatic amines is 2. The summed E-state index contributed by atoms with van der Waals surface area (Å²) in [5.41, 5.74) is 4.10. The van der Waals surface area contributed by atoms with Crippen LogP contribution < -0.4 is 11.0 Å². The maximum absolute atomic E-state index is 11.2. The Balaban J connectivity index is 1.89. The van der Waals surface area contributed by atoms with Crippen LogP contribution in [0.25, 0.3) is 16.7 Å². The average molecular weight is 251 g/mol. The lowest BCUT2D eigenvalue weighted by molar-refractivity contribution is 1.22. The van der Waals surface area contributed by atoms with Crippen LogP contribution in [0.15, 0.2) is 59.9 Å². The minimum atomic E-state index is -0.200. The number of imidazole rings is 1.